The number of ether oxygens (including phenoxy) is 1. The molecule has 0 atom stereocenters. The molecule has 0 bridgehead atoms. The molecule has 0 aliphatic carbocycles. The number of aliphatic carboxylic acids is 1. The molecule has 1 fully saturated rings. The Hall–Kier alpha value is -1.92. The van der Waals surface area contributed by atoms with Crippen LogP contribution in [0, 0.1) is 0 Å². The van der Waals surface area contributed by atoms with Crippen molar-refractivity contribution >= 4 is 17.0 Å². The fourth-order valence-corrected chi connectivity index (χ4v) is 2.81. The van der Waals surface area contributed by atoms with Crippen LogP contribution < -0.4 is 0 Å². The topological polar surface area (TPSA) is 78.5 Å². The van der Waals surface area contributed by atoms with Gasteiger partial charge in [0.15, 0.2) is 0 Å². The first-order chi connectivity index (χ1) is 10.2. The number of hydrogen-bond acceptors (Lipinski definition) is 4. The molecule has 6 nitrogen and oxygen atoms in total. The van der Waals surface area contributed by atoms with Crippen molar-refractivity contribution in [2.24, 2.45) is 0 Å². The lowest BCUT2D eigenvalue weighted by Gasteiger charge is -2.31. The maximum atomic E-state index is 10.5. The minimum atomic E-state index is -0.899. The van der Waals surface area contributed by atoms with Crippen molar-refractivity contribution < 1.29 is 14.6 Å². The number of aromatic nitrogens is 2. The summed E-state index contributed by atoms with van der Waals surface area (Å²) in [4.78, 5) is 20.4. The van der Waals surface area contributed by atoms with Crippen LogP contribution in [0.4, 0.5) is 0 Å². The van der Waals surface area contributed by atoms with Crippen LogP contribution in [0.2, 0.25) is 0 Å². The van der Waals surface area contributed by atoms with E-state index in [-0.39, 0.29) is 12.7 Å². The molecule has 0 spiro atoms. The molecule has 112 valence electrons. The van der Waals surface area contributed by atoms with Crippen LogP contribution in [0.15, 0.2) is 24.5 Å². The second-order valence-corrected chi connectivity index (χ2v) is 5.39. The molecule has 2 aromatic heterocycles. The molecule has 2 N–H and O–H groups in total. The minimum Gasteiger partial charge on any atom is -0.480 e. The summed E-state index contributed by atoms with van der Waals surface area (Å²) in [5, 5.41) is 9.79. The van der Waals surface area contributed by atoms with Crippen molar-refractivity contribution in [3.05, 3.63) is 30.1 Å². The van der Waals surface area contributed by atoms with Crippen molar-refractivity contribution in [1.82, 2.24) is 14.9 Å². The van der Waals surface area contributed by atoms with Gasteiger partial charge in [-0.1, -0.05) is 0 Å². The van der Waals surface area contributed by atoms with Gasteiger partial charge in [0.2, 0.25) is 0 Å². The first kappa shape index (κ1) is 14.0. The van der Waals surface area contributed by atoms with Gasteiger partial charge in [0.1, 0.15) is 12.3 Å². The minimum absolute atomic E-state index is 0.0713. The predicted molar refractivity (Wildman–Crippen MR) is 78.0 cm³/mol. The lowest BCUT2D eigenvalue weighted by Crippen LogP contribution is -2.37. The Morgan fingerprint density at radius 2 is 2.29 bits per heavy atom. The monoisotopic (exact) mass is 289 g/mol. The van der Waals surface area contributed by atoms with E-state index in [9.17, 15) is 4.79 Å². The molecule has 0 aromatic carbocycles. The van der Waals surface area contributed by atoms with Gasteiger partial charge in [0.05, 0.1) is 6.10 Å². The maximum absolute atomic E-state index is 10.5. The molecule has 1 aliphatic rings. The molecule has 1 saturated heterocycles. The molecule has 3 heterocycles. The first-order valence-electron chi connectivity index (χ1n) is 7.19. The molecular formula is C15H19N3O3. The van der Waals surface area contributed by atoms with E-state index in [1.165, 1.54) is 10.9 Å². The van der Waals surface area contributed by atoms with Gasteiger partial charge in [-0.2, -0.15) is 0 Å². The van der Waals surface area contributed by atoms with Gasteiger partial charge >= 0.3 is 5.97 Å². The van der Waals surface area contributed by atoms with Gasteiger partial charge in [-0.3, -0.25) is 4.90 Å². The van der Waals surface area contributed by atoms with Gasteiger partial charge < -0.3 is 14.8 Å². The number of fused-ring (bicyclic) bond motifs is 1. The second-order valence-electron chi connectivity index (χ2n) is 5.39. The summed E-state index contributed by atoms with van der Waals surface area (Å²) in [6.07, 6.45) is 5.64. The zero-order chi connectivity index (χ0) is 14.7. The summed E-state index contributed by atoms with van der Waals surface area (Å²) in [7, 11) is 0. The van der Waals surface area contributed by atoms with Crippen molar-refractivity contribution in [2.45, 2.75) is 25.5 Å². The zero-order valence-electron chi connectivity index (χ0n) is 11.8. The highest BCUT2D eigenvalue weighted by Gasteiger charge is 2.21. The highest BCUT2D eigenvalue weighted by atomic mass is 16.5. The maximum Gasteiger partial charge on any atom is 0.329 e. The highest BCUT2D eigenvalue weighted by Crippen LogP contribution is 2.20. The van der Waals surface area contributed by atoms with E-state index < -0.39 is 5.97 Å². The van der Waals surface area contributed by atoms with E-state index >= 15 is 0 Å². The molecule has 1 aliphatic heterocycles. The Morgan fingerprint density at radius 1 is 1.48 bits per heavy atom. The SMILES string of the molecule is O=C(O)COC1CCN(Cc2c[nH]c3ncccc23)CC1. The largest absolute Gasteiger partial charge is 0.480 e. The number of carbonyl (C=O) groups is 1. The lowest BCUT2D eigenvalue weighted by molar-refractivity contribution is -0.145. The van der Waals surface area contributed by atoms with Crippen LogP contribution in [-0.4, -0.2) is 51.7 Å². The third-order valence-corrected chi connectivity index (χ3v) is 3.91. The van der Waals surface area contributed by atoms with Gasteiger partial charge in [0, 0.05) is 37.4 Å². The summed E-state index contributed by atoms with van der Waals surface area (Å²) in [5.74, 6) is -0.899. The van der Waals surface area contributed by atoms with Crippen LogP contribution in [0.25, 0.3) is 11.0 Å². The van der Waals surface area contributed by atoms with Gasteiger partial charge in [0.25, 0.3) is 0 Å². The molecule has 2 aromatic rings. The number of nitrogens with one attached hydrogen (secondary N) is 1. The van der Waals surface area contributed by atoms with Gasteiger partial charge in [-0.05, 0) is 30.5 Å². The average Bonchev–Trinajstić information content (AvgIpc) is 2.90. The Morgan fingerprint density at radius 3 is 3.05 bits per heavy atom. The Kier molecular flexibility index (Phi) is 4.17. The number of H-pyrrole nitrogens is 1. The number of nitrogens with zero attached hydrogens (tertiary/aromatic N) is 2. The van der Waals surface area contributed by atoms with E-state index in [0.717, 1.165) is 38.1 Å². The molecule has 21 heavy (non-hydrogen) atoms. The third kappa shape index (κ3) is 3.40. The molecule has 3 rings (SSSR count). The number of piperidine rings is 1. The summed E-state index contributed by atoms with van der Waals surface area (Å²) in [5.41, 5.74) is 2.18. The van der Waals surface area contributed by atoms with Gasteiger partial charge in [-0.25, -0.2) is 9.78 Å². The summed E-state index contributed by atoms with van der Waals surface area (Å²) in [6.45, 7) is 2.55. The normalized spacial score (nSPS) is 17.3. The molecular weight excluding hydrogens is 270 g/mol. The second kappa shape index (κ2) is 6.24. The van der Waals surface area contributed by atoms with Crippen LogP contribution in [0.1, 0.15) is 18.4 Å². The van der Waals surface area contributed by atoms with E-state index in [0.29, 0.717) is 0 Å². The number of pyridine rings is 1. The zero-order valence-corrected chi connectivity index (χ0v) is 11.8. The van der Waals surface area contributed by atoms with Crippen LogP contribution in [0.5, 0.6) is 0 Å². The van der Waals surface area contributed by atoms with Crippen molar-refractivity contribution in [1.29, 1.82) is 0 Å². The van der Waals surface area contributed by atoms with E-state index in [1.54, 1.807) is 6.20 Å². The fourth-order valence-electron chi connectivity index (χ4n) is 2.81. The Bertz CT molecular complexity index is 617. The van der Waals surface area contributed by atoms with Crippen molar-refractivity contribution in [2.75, 3.05) is 19.7 Å². The third-order valence-electron chi connectivity index (χ3n) is 3.91. The molecule has 6 heteroatoms. The summed E-state index contributed by atoms with van der Waals surface area (Å²) < 4.78 is 5.36. The fraction of sp³-hybridized carbons (Fsp3) is 0.467. The molecule has 0 amide bonds. The number of likely N-dealkylation sites (tertiary alicyclic amines) is 1. The van der Waals surface area contributed by atoms with E-state index in [1.807, 2.05) is 12.3 Å². The smallest absolute Gasteiger partial charge is 0.329 e. The standard InChI is InChI=1S/C15H19N3O3/c19-14(20)10-21-12-3-6-18(7-4-12)9-11-8-17-15-13(11)2-1-5-16-15/h1-2,5,8,12H,3-4,6-7,9-10H2,(H,16,17)(H,19,20). The number of hydrogen-bond donors (Lipinski definition) is 2. The van der Waals surface area contributed by atoms with E-state index in [2.05, 4.69) is 20.9 Å². The van der Waals surface area contributed by atoms with Crippen molar-refractivity contribution in [3.8, 4) is 0 Å². The molecule has 0 radical (unpaired) electrons. The van der Waals surface area contributed by atoms with Crippen LogP contribution in [0.3, 0.4) is 0 Å². The quantitative estimate of drug-likeness (QED) is 0.874. The molecule has 0 saturated carbocycles. The first-order valence-corrected chi connectivity index (χ1v) is 7.19. The number of carboxylic acid groups (broad SMARTS) is 1. The summed E-state index contributed by atoms with van der Waals surface area (Å²) in [6, 6.07) is 4.03. The number of rotatable bonds is 5. The van der Waals surface area contributed by atoms with Crippen LogP contribution in [-0.2, 0) is 16.1 Å². The van der Waals surface area contributed by atoms with E-state index in [4.69, 9.17) is 9.84 Å². The number of carboxylic acids is 1. The van der Waals surface area contributed by atoms with Crippen LogP contribution >= 0.6 is 0 Å². The highest BCUT2D eigenvalue weighted by molar-refractivity contribution is 5.79. The van der Waals surface area contributed by atoms with Gasteiger partial charge in [-0.15, -0.1) is 0 Å². The predicted octanol–water partition coefficient (Wildman–Crippen LogP) is 1.63. The summed E-state index contributed by atoms with van der Waals surface area (Å²) >= 11 is 0. The lowest BCUT2D eigenvalue weighted by atomic mass is 10.1. The van der Waals surface area contributed by atoms with Crippen molar-refractivity contribution in [3.63, 3.8) is 0 Å². The molecule has 0 unspecified atom stereocenters. The Labute approximate surface area is 122 Å². The average molecular weight is 289 g/mol. The Balaban J connectivity index is 1.54. The number of aromatic amines is 1.